The highest BCUT2D eigenvalue weighted by atomic mass is 35.5. The summed E-state index contributed by atoms with van der Waals surface area (Å²) in [5, 5.41) is 3.33. The van der Waals surface area contributed by atoms with E-state index in [1.165, 1.54) is 21.3 Å². The molecule has 1 aliphatic rings. The van der Waals surface area contributed by atoms with Gasteiger partial charge in [0.15, 0.2) is 6.61 Å². The predicted octanol–water partition coefficient (Wildman–Crippen LogP) is 1.18. The van der Waals surface area contributed by atoms with Crippen LogP contribution in [0, 0.1) is 6.92 Å². The first-order valence-electron chi connectivity index (χ1n) is 9.36. The maximum atomic E-state index is 12.7. The zero-order chi connectivity index (χ0) is 21.0. The first kappa shape index (κ1) is 21.6. The van der Waals surface area contributed by atoms with Crippen molar-refractivity contribution in [3.05, 3.63) is 53.1 Å². The topological polar surface area (TPSA) is 80.1 Å². The second kappa shape index (κ2) is 9.13. The molecule has 0 unspecified atom stereocenters. The van der Waals surface area contributed by atoms with Crippen LogP contribution >= 0.6 is 11.6 Å². The third kappa shape index (κ3) is 5.48. The standard InChI is InChI=1S/C20H24ClN3O4S/c1-15-13-17(5-8-19(15)21)28-14-20(25)22-16-3-6-18(7-4-16)29(26,27)24-11-9-23(2)10-12-24/h3-8,13H,9-12,14H2,1-2H3,(H,22,25)/p+1. The van der Waals surface area contributed by atoms with Gasteiger partial charge in [-0.1, -0.05) is 11.6 Å². The summed E-state index contributed by atoms with van der Waals surface area (Å²) in [7, 11) is -1.46. The van der Waals surface area contributed by atoms with Crippen molar-refractivity contribution < 1.29 is 22.8 Å². The van der Waals surface area contributed by atoms with Crippen molar-refractivity contribution in [3.8, 4) is 5.75 Å². The van der Waals surface area contributed by atoms with Gasteiger partial charge in [-0.3, -0.25) is 4.79 Å². The molecule has 0 saturated carbocycles. The molecule has 2 N–H and O–H groups in total. The van der Waals surface area contributed by atoms with Gasteiger partial charge < -0.3 is 15.0 Å². The fourth-order valence-electron chi connectivity index (χ4n) is 3.02. The molecule has 0 spiro atoms. The molecular formula is C20H25ClN3O4S+. The Hall–Kier alpha value is -2.13. The SMILES string of the molecule is Cc1cc(OCC(=O)Nc2ccc(S(=O)(=O)N3CC[NH+](C)CC3)cc2)ccc1Cl. The lowest BCUT2D eigenvalue weighted by Gasteiger charge is -2.29. The minimum atomic E-state index is -3.51. The van der Waals surface area contributed by atoms with Crippen molar-refractivity contribution in [1.82, 2.24) is 4.31 Å². The second-order valence-electron chi connectivity index (χ2n) is 7.13. The molecule has 7 nitrogen and oxygen atoms in total. The Morgan fingerprint density at radius 3 is 2.45 bits per heavy atom. The smallest absolute Gasteiger partial charge is 0.262 e. The largest absolute Gasteiger partial charge is 0.484 e. The molecule has 1 heterocycles. The van der Waals surface area contributed by atoms with Crippen molar-refractivity contribution >= 4 is 33.2 Å². The van der Waals surface area contributed by atoms with Crippen molar-refractivity contribution in [2.75, 3.05) is 45.2 Å². The van der Waals surface area contributed by atoms with Crippen molar-refractivity contribution in [1.29, 1.82) is 0 Å². The van der Waals surface area contributed by atoms with Crippen LogP contribution in [0.1, 0.15) is 5.56 Å². The number of ether oxygens (including phenoxy) is 1. The van der Waals surface area contributed by atoms with Crippen molar-refractivity contribution in [2.45, 2.75) is 11.8 Å². The number of piperazine rings is 1. The number of quaternary nitrogens is 1. The van der Waals surface area contributed by atoms with Crippen LogP contribution < -0.4 is 15.0 Å². The molecule has 1 saturated heterocycles. The van der Waals surface area contributed by atoms with Crippen LogP contribution in [-0.2, 0) is 14.8 Å². The lowest BCUT2D eigenvalue weighted by atomic mass is 10.2. The highest BCUT2D eigenvalue weighted by Crippen LogP contribution is 2.21. The second-order valence-corrected chi connectivity index (χ2v) is 9.48. The number of hydrogen-bond donors (Lipinski definition) is 2. The highest BCUT2D eigenvalue weighted by Gasteiger charge is 2.29. The maximum Gasteiger partial charge on any atom is 0.262 e. The van der Waals surface area contributed by atoms with Gasteiger partial charge in [0.25, 0.3) is 5.91 Å². The Balaban J connectivity index is 1.57. The maximum absolute atomic E-state index is 12.7. The van der Waals surface area contributed by atoms with E-state index >= 15 is 0 Å². The van der Waals surface area contributed by atoms with Gasteiger partial charge in [0.2, 0.25) is 10.0 Å². The number of nitrogens with one attached hydrogen (secondary N) is 2. The number of hydrogen-bond acceptors (Lipinski definition) is 4. The van der Waals surface area contributed by atoms with Crippen LogP contribution in [0.2, 0.25) is 5.02 Å². The Bertz CT molecular complexity index is 972. The summed E-state index contributed by atoms with van der Waals surface area (Å²) in [5.74, 6) is 0.216. The van der Waals surface area contributed by atoms with Gasteiger partial charge in [0.1, 0.15) is 5.75 Å². The number of aryl methyl sites for hydroxylation is 1. The molecule has 0 radical (unpaired) electrons. The molecule has 156 valence electrons. The van der Waals surface area contributed by atoms with Crippen LogP contribution in [0.15, 0.2) is 47.4 Å². The fraction of sp³-hybridized carbons (Fsp3) is 0.350. The van der Waals surface area contributed by atoms with Gasteiger partial charge in [0, 0.05) is 10.7 Å². The van der Waals surface area contributed by atoms with Gasteiger partial charge in [-0.15, -0.1) is 0 Å². The number of benzene rings is 2. The van der Waals surface area contributed by atoms with Crippen LogP contribution in [0.25, 0.3) is 0 Å². The summed E-state index contributed by atoms with van der Waals surface area (Å²) < 4.78 is 32.5. The number of amides is 1. The Kier molecular flexibility index (Phi) is 6.79. The summed E-state index contributed by atoms with van der Waals surface area (Å²) in [4.78, 5) is 13.7. The van der Waals surface area contributed by atoms with Crippen LogP contribution in [-0.4, -0.2) is 58.5 Å². The first-order chi connectivity index (χ1) is 13.8. The van der Waals surface area contributed by atoms with Crippen LogP contribution in [0.4, 0.5) is 5.69 Å². The van der Waals surface area contributed by atoms with Gasteiger partial charge in [0.05, 0.1) is 38.1 Å². The molecule has 3 rings (SSSR count). The number of halogens is 1. The summed E-state index contributed by atoms with van der Waals surface area (Å²) in [6, 6.07) is 11.4. The van der Waals surface area contributed by atoms with E-state index in [-0.39, 0.29) is 17.4 Å². The lowest BCUT2D eigenvalue weighted by molar-refractivity contribution is -0.883. The highest BCUT2D eigenvalue weighted by molar-refractivity contribution is 7.89. The van der Waals surface area contributed by atoms with E-state index in [0.717, 1.165) is 18.7 Å². The number of likely N-dealkylation sites (N-methyl/N-ethyl adjacent to an activating group) is 1. The first-order valence-corrected chi connectivity index (χ1v) is 11.2. The number of carbonyl (C=O) groups is 1. The van der Waals surface area contributed by atoms with E-state index in [0.29, 0.717) is 29.5 Å². The minimum Gasteiger partial charge on any atom is -0.484 e. The minimum absolute atomic E-state index is 0.162. The molecule has 0 aromatic heterocycles. The van der Waals surface area contributed by atoms with Crippen LogP contribution in [0.3, 0.4) is 0 Å². The molecular weight excluding hydrogens is 414 g/mol. The van der Waals surface area contributed by atoms with E-state index < -0.39 is 10.0 Å². The Labute approximate surface area is 176 Å². The number of rotatable bonds is 6. The zero-order valence-corrected chi connectivity index (χ0v) is 18.0. The van der Waals surface area contributed by atoms with Crippen molar-refractivity contribution in [3.63, 3.8) is 0 Å². The lowest BCUT2D eigenvalue weighted by Crippen LogP contribution is -3.12. The van der Waals surface area contributed by atoms with E-state index in [1.807, 2.05) is 6.92 Å². The Morgan fingerprint density at radius 1 is 1.17 bits per heavy atom. The van der Waals surface area contributed by atoms with E-state index in [1.54, 1.807) is 30.3 Å². The molecule has 29 heavy (non-hydrogen) atoms. The number of carbonyl (C=O) groups excluding carboxylic acids is 1. The monoisotopic (exact) mass is 438 g/mol. The fourth-order valence-corrected chi connectivity index (χ4v) is 4.58. The normalized spacial score (nSPS) is 15.8. The van der Waals surface area contributed by atoms with E-state index in [2.05, 4.69) is 12.4 Å². The molecule has 0 aliphatic carbocycles. The zero-order valence-electron chi connectivity index (χ0n) is 16.4. The predicted molar refractivity (Wildman–Crippen MR) is 112 cm³/mol. The molecule has 2 aromatic rings. The number of anilines is 1. The van der Waals surface area contributed by atoms with Gasteiger partial charge >= 0.3 is 0 Å². The van der Waals surface area contributed by atoms with E-state index in [9.17, 15) is 13.2 Å². The summed E-state index contributed by atoms with van der Waals surface area (Å²) in [6.07, 6.45) is 0. The third-order valence-electron chi connectivity index (χ3n) is 4.85. The van der Waals surface area contributed by atoms with Gasteiger partial charge in [-0.05, 0) is 55.0 Å². The summed E-state index contributed by atoms with van der Waals surface area (Å²) in [6.45, 7) is 4.29. The molecule has 1 amide bonds. The Morgan fingerprint density at radius 2 is 1.83 bits per heavy atom. The summed E-state index contributed by atoms with van der Waals surface area (Å²) >= 11 is 5.97. The average Bonchev–Trinajstić information content (AvgIpc) is 2.70. The van der Waals surface area contributed by atoms with E-state index in [4.69, 9.17) is 16.3 Å². The average molecular weight is 439 g/mol. The molecule has 9 heteroatoms. The van der Waals surface area contributed by atoms with Crippen molar-refractivity contribution in [2.24, 2.45) is 0 Å². The molecule has 1 fully saturated rings. The number of nitrogens with zero attached hydrogens (tertiary/aromatic N) is 1. The molecule has 0 atom stereocenters. The third-order valence-corrected chi connectivity index (χ3v) is 7.19. The summed E-state index contributed by atoms with van der Waals surface area (Å²) in [5.41, 5.74) is 1.37. The van der Waals surface area contributed by atoms with Crippen LogP contribution in [0.5, 0.6) is 5.75 Å². The molecule has 2 aromatic carbocycles. The molecule has 0 bridgehead atoms. The molecule has 1 aliphatic heterocycles. The van der Waals surface area contributed by atoms with Gasteiger partial charge in [-0.25, -0.2) is 8.42 Å². The number of sulfonamides is 1. The quantitative estimate of drug-likeness (QED) is 0.710. The van der Waals surface area contributed by atoms with Gasteiger partial charge in [-0.2, -0.15) is 4.31 Å².